The number of benzene rings is 1. The third-order valence-electron chi connectivity index (χ3n) is 3.99. The minimum Gasteiger partial charge on any atom is -0.369 e. The maximum Gasteiger partial charge on any atom is 0.244 e. The van der Waals surface area contributed by atoms with E-state index in [9.17, 15) is 4.79 Å². The highest BCUT2D eigenvalue weighted by molar-refractivity contribution is 7.99. The van der Waals surface area contributed by atoms with Gasteiger partial charge in [-0.15, -0.1) is 0 Å². The van der Waals surface area contributed by atoms with Crippen LogP contribution < -0.4 is 11.1 Å². The van der Waals surface area contributed by atoms with Crippen molar-refractivity contribution in [1.82, 2.24) is 0 Å². The lowest BCUT2D eigenvalue weighted by Gasteiger charge is -2.48. The van der Waals surface area contributed by atoms with Gasteiger partial charge in [0, 0.05) is 5.75 Å². The van der Waals surface area contributed by atoms with Crippen molar-refractivity contribution in [2.45, 2.75) is 25.8 Å². The van der Waals surface area contributed by atoms with Crippen molar-refractivity contribution in [3.05, 3.63) is 29.3 Å². The first-order valence-electron chi connectivity index (χ1n) is 6.29. The number of para-hydroxylation sites is 1. The maximum atomic E-state index is 12.1. The Morgan fingerprint density at radius 2 is 2.11 bits per heavy atom. The van der Waals surface area contributed by atoms with Gasteiger partial charge in [-0.1, -0.05) is 37.6 Å². The summed E-state index contributed by atoms with van der Waals surface area (Å²) in [5.74, 6) is 1.40. The molecule has 1 fully saturated rings. The monoisotopic (exact) mass is 298 g/mol. The Labute approximate surface area is 123 Å². The number of nitrogens with one attached hydrogen (secondary N) is 1. The van der Waals surface area contributed by atoms with Crippen molar-refractivity contribution in [1.29, 1.82) is 0 Å². The topological polar surface area (TPSA) is 55.1 Å². The van der Waals surface area contributed by atoms with Crippen LogP contribution in [0.3, 0.4) is 0 Å². The van der Waals surface area contributed by atoms with E-state index in [-0.39, 0.29) is 11.3 Å². The van der Waals surface area contributed by atoms with Crippen LogP contribution in [-0.2, 0) is 4.79 Å². The van der Waals surface area contributed by atoms with Crippen LogP contribution >= 0.6 is 23.4 Å². The molecule has 1 aromatic rings. The third kappa shape index (κ3) is 2.56. The molecule has 19 heavy (non-hydrogen) atoms. The minimum absolute atomic E-state index is 0.205. The number of hydrogen-bond acceptors (Lipinski definition) is 3. The summed E-state index contributed by atoms with van der Waals surface area (Å²) in [6.45, 7) is 4.17. The molecule has 0 bridgehead atoms. The van der Waals surface area contributed by atoms with Crippen LogP contribution in [0.5, 0.6) is 0 Å². The zero-order valence-corrected chi connectivity index (χ0v) is 12.8. The van der Waals surface area contributed by atoms with Gasteiger partial charge in [-0.05, 0) is 29.7 Å². The third-order valence-corrected chi connectivity index (χ3v) is 5.45. The molecular formula is C14H19ClN2OS. The van der Waals surface area contributed by atoms with E-state index in [4.69, 9.17) is 17.3 Å². The van der Waals surface area contributed by atoms with Gasteiger partial charge in [0.15, 0.2) is 0 Å². The Bertz CT molecular complexity index is 492. The SMILES string of the molecule is CC1(C)CCSCC1(Nc1ccccc1Cl)C(N)=O. The fourth-order valence-corrected chi connectivity index (χ4v) is 4.32. The number of carbonyl (C=O) groups is 1. The van der Waals surface area contributed by atoms with E-state index in [2.05, 4.69) is 19.2 Å². The molecule has 0 aromatic heterocycles. The maximum absolute atomic E-state index is 12.1. The molecule has 0 spiro atoms. The van der Waals surface area contributed by atoms with Gasteiger partial charge in [-0.3, -0.25) is 4.79 Å². The molecule has 1 atom stereocenters. The molecule has 3 N–H and O–H groups in total. The molecule has 1 saturated heterocycles. The van der Waals surface area contributed by atoms with E-state index in [1.54, 1.807) is 11.8 Å². The molecule has 1 aromatic carbocycles. The normalized spacial score (nSPS) is 25.8. The number of nitrogens with two attached hydrogens (primary N) is 1. The van der Waals surface area contributed by atoms with Crippen LogP contribution in [0.15, 0.2) is 24.3 Å². The lowest BCUT2D eigenvalue weighted by atomic mass is 9.70. The Balaban J connectivity index is 2.41. The van der Waals surface area contributed by atoms with Crippen LogP contribution in [-0.4, -0.2) is 23.0 Å². The van der Waals surface area contributed by atoms with Crippen LogP contribution in [0.25, 0.3) is 0 Å². The molecule has 3 nitrogen and oxygen atoms in total. The second kappa shape index (κ2) is 5.25. The van der Waals surface area contributed by atoms with Crippen LogP contribution in [0, 0.1) is 5.41 Å². The summed E-state index contributed by atoms with van der Waals surface area (Å²) in [5, 5.41) is 3.93. The van der Waals surface area contributed by atoms with Gasteiger partial charge in [0.2, 0.25) is 5.91 Å². The van der Waals surface area contributed by atoms with Crippen molar-refractivity contribution in [3.8, 4) is 0 Å². The summed E-state index contributed by atoms with van der Waals surface area (Å²) in [6, 6.07) is 7.45. The van der Waals surface area contributed by atoms with E-state index in [1.807, 2.05) is 24.3 Å². The second-order valence-electron chi connectivity index (χ2n) is 5.56. The number of halogens is 1. The Kier molecular flexibility index (Phi) is 4.02. The Morgan fingerprint density at radius 1 is 1.42 bits per heavy atom. The summed E-state index contributed by atoms with van der Waals surface area (Å²) in [6.07, 6.45) is 0.943. The molecule has 5 heteroatoms. The van der Waals surface area contributed by atoms with Crippen LogP contribution in [0.2, 0.25) is 5.02 Å². The molecule has 1 aliphatic heterocycles. The van der Waals surface area contributed by atoms with Gasteiger partial charge in [-0.25, -0.2) is 0 Å². The number of anilines is 1. The highest BCUT2D eigenvalue weighted by Gasteiger charge is 2.51. The fraction of sp³-hybridized carbons (Fsp3) is 0.500. The Hall–Kier alpha value is -0.870. The smallest absolute Gasteiger partial charge is 0.244 e. The van der Waals surface area contributed by atoms with Crippen molar-refractivity contribution in [2.24, 2.45) is 11.1 Å². The fourth-order valence-electron chi connectivity index (χ4n) is 2.43. The number of thioether (sulfide) groups is 1. The van der Waals surface area contributed by atoms with Crippen molar-refractivity contribution < 1.29 is 4.79 Å². The molecule has 104 valence electrons. The molecule has 1 heterocycles. The zero-order valence-electron chi connectivity index (χ0n) is 11.2. The van der Waals surface area contributed by atoms with Gasteiger partial charge in [0.05, 0.1) is 10.7 Å². The molecule has 0 aliphatic carbocycles. The van der Waals surface area contributed by atoms with E-state index in [0.29, 0.717) is 10.8 Å². The largest absolute Gasteiger partial charge is 0.369 e. The molecular weight excluding hydrogens is 280 g/mol. The van der Waals surface area contributed by atoms with Crippen molar-refractivity contribution in [2.75, 3.05) is 16.8 Å². The van der Waals surface area contributed by atoms with E-state index >= 15 is 0 Å². The van der Waals surface area contributed by atoms with E-state index < -0.39 is 5.54 Å². The van der Waals surface area contributed by atoms with Gasteiger partial charge in [0.25, 0.3) is 0 Å². The van der Waals surface area contributed by atoms with E-state index in [1.165, 1.54) is 0 Å². The predicted molar refractivity (Wildman–Crippen MR) is 82.7 cm³/mol. The molecule has 1 unspecified atom stereocenters. The van der Waals surface area contributed by atoms with Crippen LogP contribution in [0.4, 0.5) is 5.69 Å². The van der Waals surface area contributed by atoms with Gasteiger partial charge in [-0.2, -0.15) is 11.8 Å². The first kappa shape index (κ1) is 14.5. The first-order valence-corrected chi connectivity index (χ1v) is 7.83. The lowest BCUT2D eigenvalue weighted by Crippen LogP contribution is -2.63. The van der Waals surface area contributed by atoms with Gasteiger partial charge < -0.3 is 11.1 Å². The highest BCUT2D eigenvalue weighted by Crippen LogP contribution is 2.44. The van der Waals surface area contributed by atoms with Gasteiger partial charge >= 0.3 is 0 Å². The average Bonchev–Trinajstić information content (AvgIpc) is 2.34. The number of hydrogen-bond donors (Lipinski definition) is 2. The summed E-state index contributed by atoms with van der Waals surface area (Å²) in [7, 11) is 0. The zero-order chi connectivity index (χ0) is 14.1. The Morgan fingerprint density at radius 3 is 2.68 bits per heavy atom. The molecule has 0 saturated carbocycles. The lowest BCUT2D eigenvalue weighted by molar-refractivity contribution is -0.125. The van der Waals surface area contributed by atoms with Crippen molar-refractivity contribution >= 4 is 35.0 Å². The van der Waals surface area contributed by atoms with Crippen molar-refractivity contribution in [3.63, 3.8) is 0 Å². The number of amides is 1. The summed E-state index contributed by atoms with van der Waals surface area (Å²) in [5.41, 5.74) is 5.51. The molecule has 2 rings (SSSR count). The van der Waals surface area contributed by atoms with Gasteiger partial charge in [0.1, 0.15) is 5.54 Å². The molecule has 0 radical (unpaired) electrons. The molecule has 1 amide bonds. The summed E-state index contributed by atoms with van der Waals surface area (Å²) in [4.78, 5) is 12.1. The predicted octanol–water partition coefficient (Wildman–Crippen LogP) is 3.14. The highest BCUT2D eigenvalue weighted by atomic mass is 35.5. The van der Waals surface area contributed by atoms with Crippen LogP contribution in [0.1, 0.15) is 20.3 Å². The number of primary amides is 1. The quantitative estimate of drug-likeness (QED) is 0.901. The number of carbonyl (C=O) groups excluding carboxylic acids is 1. The average molecular weight is 299 g/mol. The summed E-state index contributed by atoms with van der Waals surface area (Å²) < 4.78 is 0. The minimum atomic E-state index is -0.763. The number of rotatable bonds is 3. The van der Waals surface area contributed by atoms with E-state index in [0.717, 1.165) is 17.9 Å². The second-order valence-corrected chi connectivity index (χ2v) is 7.07. The first-order chi connectivity index (χ1) is 8.89. The summed E-state index contributed by atoms with van der Waals surface area (Å²) >= 11 is 7.93. The molecule has 1 aliphatic rings. The standard InChI is InChI=1S/C14H19ClN2OS/c1-13(2)7-8-19-9-14(13,12(16)18)17-11-6-4-3-5-10(11)15/h3-6,17H,7-9H2,1-2H3,(H2,16,18).